The zero-order valence-electron chi connectivity index (χ0n) is 25.0. The van der Waals surface area contributed by atoms with Crippen molar-refractivity contribution in [1.82, 2.24) is 9.97 Å². The molecule has 0 aromatic carbocycles. The number of cyclic esters (lactones) is 1. The van der Waals surface area contributed by atoms with E-state index in [0.717, 1.165) is 16.7 Å². The van der Waals surface area contributed by atoms with Crippen molar-refractivity contribution in [2.75, 3.05) is 7.11 Å². The summed E-state index contributed by atoms with van der Waals surface area (Å²) >= 11 is 0. The Labute approximate surface area is 251 Å². The van der Waals surface area contributed by atoms with E-state index in [0.29, 0.717) is 5.69 Å². The molecule has 4 heterocycles. The van der Waals surface area contributed by atoms with Gasteiger partial charge >= 0.3 is 11.9 Å². The first-order chi connectivity index (χ1) is 20.6. The van der Waals surface area contributed by atoms with Crippen LogP contribution in [0.4, 0.5) is 0 Å². The number of H-pyrrole nitrogens is 1. The molecule has 2 aromatic heterocycles. The van der Waals surface area contributed by atoms with Crippen molar-refractivity contribution in [1.29, 1.82) is 0 Å². The number of methoxy groups -OCH3 is 1. The Bertz CT molecular complexity index is 1420. The van der Waals surface area contributed by atoms with Crippen molar-refractivity contribution in [2.45, 2.75) is 76.3 Å². The van der Waals surface area contributed by atoms with Crippen LogP contribution in [-0.2, 0) is 23.7 Å². The van der Waals surface area contributed by atoms with Gasteiger partial charge in [0.15, 0.2) is 6.10 Å². The molecule has 1 saturated carbocycles. The van der Waals surface area contributed by atoms with Gasteiger partial charge in [0, 0.05) is 66.4 Å². The number of aliphatic hydroxyl groups is 2. The summed E-state index contributed by atoms with van der Waals surface area (Å²) in [7, 11) is 1.46. The van der Waals surface area contributed by atoms with E-state index in [9.17, 15) is 19.8 Å². The van der Waals surface area contributed by atoms with Crippen LogP contribution < -0.4 is 0 Å². The number of carbonyl (C=O) groups is 2. The number of nitrogens with one attached hydrogen (secondary N) is 1. The van der Waals surface area contributed by atoms with Gasteiger partial charge in [0.2, 0.25) is 0 Å². The molecule has 2 aliphatic carbocycles. The summed E-state index contributed by atoms with van der Waals surface area (Å²) in [5.41, 5.74) is 1.89. The van der Waals surface area contributed by atoms with Crippen LogP contribution in [0.2, 0.25) is 0 Å². The average Bonchev–Trinajstić information content (AvgIpc) is 3.56. The Balaban J connectivity index is 1.34. The molecule has 3 N–H and O–H groups in total. The second kappa shape index (κ2) is 11.3. The van der Waals surface area contributed by atoms with Gasteiger partial charge in [-0.3, -0.25) is 4.98 Å². The number of aromatic amines is 1. The first kappa shape index (κ1) is 29.7. The molecule has 4 aliphatic rings. The molecule has 6 rings (SSSR count). The summed E-state index contributed by atoms with van der Waals surface area (Å²) in [5, 5.41) is 22.4. The number of nitrogens with zero attached hydrogens (tertiary/aromatic N) is 1. The summed E-state index contributed by atoms with van der Waals surface area (Å²) in [6.07, 6.45) is 6.82. The number of rotatable bonds is 5. The number of hydrogen-bond donors (Lipinski definition) is 3. The third-order valence-corrected chi connectivity index (χ3v) is 10.0. The number of carbonyl (C=O) groups excluding carboxylic acids is 2. The lowest BCUT2D eigenvalue weighted by atomic mass is 9.57. The Morgan fingerprint density at radius 1 is 1.26 bits per heavy atom. The van der Waals surface area contributed by atoms with Gasteiger partial charge in [-0.05, 0) is 38.0 Å². The zero-order chi connectivity index (χ0) is 30.6. The molecule has 1 spiro atoms. The molecule has 2 aliphatic heterocycles. The fourth-order valence-corrected chi connectivity index (χ4v) is 7.90. The molecule has 230 valence electrons. The van der Waals surface area contributed by atoms with Gasteiger partial charge in [-0.1, -0.05) is 38.1 Å². The number of esters is 2. The SMILES string of the molecule is CO[C@H]1C[C@H]2C=CC3C4[C@H](O)[C@@H](C)[C@@H](OC(=O)c5cc(-c6cccnc6)c[nH]5)[C@@H]3O[C@]42/C(C)=C/[C@@H](C)[C@@H]([C@@H](C)O)OC1=O. The van der Waals surface area contributed by atoms with Crippen LogP contribution >= 0.6 is 0 Å². The quantitative estimate of drug-likeness (QED) is 0.352. The van der Waals surface area contributed by atoms with E-state index in [1.165, 1.54) is 7.11 Å². The molecule has 0 amide bonds. The van der Waals surface area contributed by atoms with Gasteiger partial charge in [-0.15, -0.1) is 0 Å². The second-order valence-electron chi connectivity index (χ2n) is 12.5. The highest BCUT2D eigenvalue weighted by molar-refractivity contribution is 5.89. The average molecular weight is 593 g/mol. The summed E-state index contributed by atoms with van der Waals surface area (Å²) in [4.78, 5) is 33.8. The van der Waals surface area contributed by atoms with Gasteiger partial charge in [-0.25, -0.2) is 9.59 Å². The summed E-state index contributed by atoms with van der Waals surface area (Å²) in [6.45, 7) is 7.35. The van der Waals surface area contributed by atoms with Crippen LogP contribution in [0.1, 0.15) is 44.6 Å². The zero-order valence-corrected chi connectivity index (χ0v) is 25.0. The monoisotopic (exact) mass is 592 g/mol. The predicted octanol–water partition coefficient (Wildman–Crippen LogP) is 3.46. The maximum Gasteiger partial charge on any atom is 0.355 e. The van der Waals surface area contributed by atoms with E-state index >= 15 is 0 Å². The lowest BCUT2D eigenvalue weighted by Gasteiger charge is -2.48. The van der Waals surface area contributed by atoms with E-state index in [1.807, 2.05) is 51.1 Å². The highest BCUT2D eigenvalue weighted by atomic mass is 16.6. The van der Waals surface area contributed by atoms with Crippen LogP contribution in [0.5, 0.6) is 0 Å². The first-order valence-corrected chi connectivity index (χ1v) is 15.0. The number of hydrogen-bond acceptors (Lipinski definition) is 9. The molecule has 2 unspecified atom stereocenters. The van der Waals surface area contributed by atoms with Gasteiger partial charge < -0.3 is 34.1 Å². The number of ether oxygens (including phenoxy) is 4. The van der Waals surface area contributed by atoms with Gasteiger partial charge in [0.25, 0.3) is 0 Å². The number of aromatic nitrogens is 2. The minimum atomic E-state index is -0.968. The van der Waals surface area contributed by atoms with Gasteiger partial charge in [-0.2, -0.15) is 0 Å². The van der Waals surface area contributed by atoms with Crippen LogP contribution in [0.3, 0.4) is 0 Å². The molecule has 12 atom stereocenters. The maximum absolute atomic E-state index is 13.4. The normalized spacial score (nSPS) is 40.5. The highest BCUT2D eigenvalue weighted by Gasteiger charge is 2.69. The van der Waals surface area contributed by atoms with E-state index in [2.05, 4.69) is 9.97 Å². The third-order valence-electron chi connectivity index (χ3n) is 10.0. The van der Waals surface area contributed by atoms with E-state index in [4.69, 9.17) is 18.9 Å². The van der Waals surface area contributed by atoms with Gasteiger partial charge in [0.05, 0.1) is 12.2 Å². The number of aliphatic hydroxyl groups excluding tert-OH is 2. The fraction of sp³-hybridized carbons (Fsp3) is 0.545. The van der Waals surface area contributed by atoms with E-state index in [-0.39, 0.29) is 30.1 Å². The minimum Gasteiger partial charge on any atom is -0.457 e. The molecule has 43 heavy (non-hydrogen) atoms. The summed E-state index contributed by atoms with van der Waals surface area (Å²) in [5.74, 6) is -2.69. The van der Waals surface area contributed by atoms with Crippen molar-refractivity contribution in [3.63, 3.8) is 0 Å². The first-order valence-electron chi connectivity index (χ1n) is 15.0. The Hall–Kier alpha value is -3.31. The predicted molar refractivity (Wildman–Crippen MR) is 156 cm³/mol. The van der Waals surface area contributed by atoms with Crippen molar-refractivity contribution >= 4 is 11.9 Å². The van der Waals surface area contributed by atoms with Crippen molar-refractivity contribution in [3.05, 3.63) is 66.3 Å². The Kier molecular flexibility index (Phi) is 7.83. The van der Waals surface area contributed by atoms with Crippen LogP contribution in [0, 0.1) is 29.6 Å². The molecule has 10 nitrogen and oxygen atoms in total. The van der Waals surface area contributed by atoms with Gasteiger partial charge in [0.1, 0.15) is 29.6 Å². The van der Waals surface area contributed by atoms with Crippen LogP contribution in [0.25, 0.3) is 11.1 Å². The largest absolute Gasteiger partial charge is 0.457 e. The lowest BCUT2D eigenvalue weighted by molar-refractivity contribution is -0.172. The molecule has 2 aromatic rings. The number of pyridine rings is 1. The molecular weight excluding hydrogens is 552 g/mol. The molecule has 10 heteroatoms. The fourth-order valence-electron chi connectivity index (χ4n) is 7.90. The molecule has 2 fully saturated rings. The summed E-state index contributed by atoms with van der Waals surface area (Å²) in [6, 6.07) is 5.47. The lowest BCUT2D eigenvalue weighted by Crippen LogP contribution is -2.57. The topological polar surface area (TPSA) is 140 Å². The van der Waals surface area contributed by atoms with Crippen molar-refractivity contribution < 1.29 is 38.7 Å². The molecule has 1 saturated heterocycles. The van der Waals surface area contributed by atoms with E-state index in [1.54, 1.807) is 31.6 Å². The van der Waals surface area contributed by atoms with Crippen molar-refractivity contribution in [3.8, 4) is 11.1 Å². The van der Waals surface area contributed by atoms with Crippen LogP contribution in [-0.4, -0.2) is 81.5 Å². The Morgan fingerprint density at radius 3 is 2.74 bits per heavy atom. The third kappa shape index (κ3) is 4.84. The Morgan fingerprint density at radius 2 is 2.05 bits per heavy atom. The van der Waals surface area contributed by atoms with Crippen LogP contribution in [0.15, 0.2) is 60.6 Å². The second-order valence-corrected chi connectivity index (χ2v) is 12.5. The minimum absolute atomic E-state index is 0.211. The molecule has 4 bridgehead atoms. The summed E-state index contributed by atoms with van der Waals surface area (Å²) < 4.78 is 24.5. The molecule has 0 radical (unpaired) electrons. The standard InChI is InChI=1S/C33H40N2O8/c1-16-11-17(2)33-22(13-25(40-5)32(39)41-28(16)19(4)36)8-9-23-26(33)27(37)18(3)29(30(23)43-33)42-31(38)24-12-21(15-35-24)20-7-6-10-34-14-20/h6-12,14-16,18-19,22-23,25-30,35-37H,13H2,1-5H3/b17-11+/t16-,18-,19-,22-,23?,25+,26?,27-,28+,29-,30-,33+/m1/s1. The van der Waals surface area contributed by atoms with E-state index < -0.39 is 60.1 Å². The van der Waals surface area contributed by atoms with Crippen molar-refractivity contribution in [2.24, 2.45) is 29.6 Å². The molecular formula is C33H40N2O8. The smallest absolute Gasteiger partial charge is 0.355 e. The maximum atomic E-state index is 13.4. The highest BCUT2D eigenvalue weighted by Crippen LogP contribution is 2.61.